The number of para-hydroxylation sites is 1. The summed E-state index contributed by atoms with van der Waals surface area (Å²) in [6.45, 7) is -0.0784. The highest BCUT2D eigenvalue weighted by Gasteiger charge is 2.38. The molecule has 1 aromatic heterocycles. The maximum absolute atomic E-state index is 12.1. The van der Waals surface area contributed by atoms with Crippen molar-refractivity contribution in [3.63, 3.8) is 0 Å². The molecule has 0 saturated carbocycles. The first-order valence-electron chi connectivity index (χ1n) is 7.64. The van der Waals surface area contributed by atoms with Crippen LogP contribution in [0.1, 0.15) is 11.3 Å². The highest BCUT2D eigenvalue weighted by Crippen LogP contribution is 2.19. The average Bonchev–Trinajstić information content (AvgIpc) is 2.59. The molecule has 0 aliphatic rings. The van der Waals surface area contributed by atoms with Gasteiger partial charge in [0.05, 0.1) is 24.2 Å². The number of nitrogens with one attached hydrogen (secondary N) is 2. The van der Waals surface area contributed by atoms with Crippen molar-refractivity contribution < 1.29 is 26.4 Å². The first kappa shape index (κ1) is 20.6. The lowest BCUT2D eigenvalue weighted by molar-refractivity contribution is -0.174. The number of hydrogen-bond donors (Lipinski definition) is 2. The van der Waals surface area contributed by atoms with Crippen LogP contribution in [0.15, 0.2) is 48.7 Å². The zero-order valence-electron chi connectivity index (χ0n) is 14.2. The van der Waals surface area contributed by atoms with E-state index in [0.29, 0.717) is 16.9 Å². The number of benzene rings is 1. The van der Waals surface area contributed by atoms with Crippen LogP contribution in [0.3, 0.4) is 0 Å². The van der Waals surface area contributed by atoms with Gasteiger partial charge in [-0.3, -0.25) is 19.5 Å². The van der Waals surface area contributed by atoms with E-state index in [1.54, 1.807) is 42.5 Å². The molecule has 0 spiro atoms. The maximum atomic E-state index is 12.1. The van der Waals surface area contributed by atoms with Gasteiger partial charge in [-0.25, -0.2) is 13.8 Å². The second-order valence-corrected chi connectivity index (χ2v) is 7.48. The number of rotatable bonds is 7. The first-order valence-corrected chi connectivity index (χ1v) is 9.49. The molecule has 0 bridgehead atoms. The number of hydrogen-bond acceptors (Lipinski definition) is 5. The molecule has 11 heteroatoms. The minimum Gasteiger partial charge on any atom is -0.283 e. The molecule has 0 aliphatic heterocycles. The smallest absolute Gasteiger partial charge is 0.283 e. The maximum Gasteiger partial charge on any atom is 0.472 e. The molecule has 1 heterocycles. The Bertz CT molecular complexity index is 872. The molecule has 2 rings (SSSR count). The Kier molecular flexibility index (Phi) is 6.39. The predicted octanol–water partition coefficient (Wildman–Crippen LogP) is 1.73. The number of carbonyl (C=O) groups is 1. The molecule has 1 aromatic carbocycles. The molecular weight excluding hydrogens is 385 g/mol. The molecule has 0 saturated heterocycles. The highest BCUT2D eigenvalue weighted by molar-refractivity contribution is 7.92. The van der Waals surface area contributed by atoms with Crippen molar-refractivity contribution in [2.45, 2.75) is 19.3 Å². The van der Waals surface area contributed by atoms with Gasteiger partial charge in [-0.2, -0.15) is 13.2 Å². The standard InChI is InChI=1S/C16H17F3N4O3S/c1-27(25,26)23(14-5-3-2-4-6-14)11-13-8-7-12(9-20-13)10-21-22-15(24)16(17,18)19/h2-9,21H,10-11H2,1H3,(H,22,24). The number of amides is 1. The van der Waals surface area contributed by atoms with Gasteiger partial charge in [-0.05, 0) is 23.8 Å². The van der Waals surface area contributed by atoms with Crippen molar-refractivity contribution in [3.05, 3.63) is 59.9 Å². The van der Waals surface area contributed by atoms with Gasteiger partial charge in [0.25, 0.3) is 0 Å². The van der Waals surface area contributed by atoms with Gasteiger partial charge in [0, 0.05) is 12.7 Å². The largest absolute Gasteiger partial charge is 0.472 e. The molecule has 146 valence electrons. The third-order valence-electron chi connectivity index (χ3n) is 3.39. The fourth-order valence-electron chi connectivity index (χ4n) is 2.09. The molecule has 2 aromatic rings. The normalized spacial score (nSPS) is 11.9. The van der Waals surface area contributed by atoms with E-state index in [9.17, 15) is 26.4 Å². The van der Waals surface area contributed by atoms with E-state index >= 15 is 0 Å². The third-order valence-corrected chi connectivity index (χ3v) is 4.53. The summed E-state index contributed by atoms with van der Waals surface area (Å²) in [5.41, 5.74) is 5.13. The van der Waals surface area contributed by atoms with E-state index in [1.165, 1.54) is 15.9 Å². The highest BCUT2D eigenvalue weighted by atomic mass is 32.2. The van der Waals surface area contributed by atoms with E-state index in [1.807, 2.05) is 0 Å². The van der Waals surface area contributed by atoms with Crippen LogP contribution in [-0.2, 0) is 27.9 Å². The summed E-state index contributed by atoms with van der Waals surface area (Å²) in [7, 11) is -3.54. The number of pyridine rings is 1. The Morgan fingerprint density at radius 3 is 2.33 bits per heavy atom. The van der Waals surface area contributed by atoms with Crippen LogP contribution in [0.4, 0.5) is 18.9 Å². The molecule has 0 unspecified atom stereocenters. The van der Waals surface area contributed by atoms with Crippen LogP contribution < -0.4 is 15.2 Å². The molecule has 27 heavy (non-hydrogen) atoms. The Hall–Kier alpha value is -2.66. The van der Waals surface area contributed by atoms with Crippen LogP contribution in [0.2, 0.25) is 0 Å². The number of sulfonamides is 1. The molecule has 0 radical (unpaired) electrons. The van der Waals surface area contributed by atoms with Gasteiger partial charge in [0.15, 0.2) is 0 Å². The third kappa shape index (κ3) is 6.22. The SMILES string of the molecule is CS(=O)(=O)N(Cc1ccc(CNNC(=O)C(F)(F)F)cn1)c1ccccc1. The minimum atomic E-state index is -4.97. The lowest BCUT2D eigenvalue weighted by Gasteiger charge is -2.22. The second-order valence-electron chi connectivity index (χ2n) is 5.57. The Labute approximate surface area is 154 Å². The molecule has 2 N–H and O–H groups in total. The first-order chi connectivity index (χ1) is 12.6. The van der Waals surface area contributed by atoms with Gasteiger partial charge in [0.1, 0.15) is 0 Å². The summed E-state index contributed by atoms with van der Waals surface area (Å²) in [6, 6.07) is 11.6. The molecule has 7 nitrogen and oxygen atoms in total. The quantitative estimate of drug-likeness (QED) is 0.689. The number of halogens is 3. The van der Waals surface area contributed by atoms with E-state index < -0.39 is 22.1 Å². The van der Waals surface area contributed by atoms with E-state index in [4.69, 9.17) is 0 Å². The summed E-state index contributed by atoms with van der Waals surface area (Å²) in [5, 5.41) is 0. The lowest BCUT2D eigenvalue weighted by atomic mass is 10.2. The lowest BCUT2D eigenvalue weighted by Crippen LogP contribution is -2.44. The number of anilines is 1. The van der Waals surface area contributed by atoms with Crippen molar-refractivity contribution in [2.75, 3.05) is 10.6 Å². The van der Waals surface area contributed by atoms with E-state index in [-0.39, 0.29) is 13.1 Å². The van der Waals surface area contributed by atoms with Gasteiger partial charge < -0.3 is 0 Å². The molecule has 1 amide bonds. The number of carbonyl (C=O) groups excluding carboxylic acids is 1. The van der Waals surface area contributed by atoms with Gasteiger partial charge in [0.2, 0.25) is 10.0 Å². The Morgan fingerprint density at radius 1 is 1.15 bits per heavy atom. The average molecular weight is 402 g/mol. The van der Waals surface area contributed by atoms with Crippen molar-refractivity contribution in [3.8, 4) is 0 Å². The summed E-state index contributed by atoms with van der Waals surface area (Å²) in [5.74, 6) is -2.10. The molecular formula is C16H17F3N4O3S. The number of alkyl halides is 3. The molecule has 0 fully saturated rings. The van der Waals surface area contributed by atoms with Crippen LogP contribution in [0.25, 0.3) is 0 Å². The summed E-state index contributed by atoms with van der Waals surface area (Å²) >= 11 is 0. The van der Waals surface area contributed by atoms with Crippen molar-refractivity contribution in [2.24, 2.45) is 0 Å². The Balaban J connectivity index is 2.01. The molecule has 0 aliphatic carbocycles. The van der Waals surface area contributed by atoms with Crippen molar-refractivity contribution in [1.82, 2.24) is 15.8 Å². The Morgan fingerprint density at radius 2 is 1.81 bits per heavy atom. The fourth-order valence-corrected chi connectivity index (χ4v) is 2.96. The van der Waals surface area contributed by atoms with Gasteiger partial charge in [-0.1, -0.05) is 24.3 Å². The summed E-state index contributed by atoms with van der Waals surface area (Å²) < 4.78 is 61.5. The topological polar surface area (TPSA) is 91.4 Å². The number of aromatic nitrogens is 1. The van der Waals surface area contributed by atoms with Crippen molar-refractivity contribution >= 4 is 21.6 Å². The van der Waals surface area contributed by atoms with Crippen LogP contribution >= 0.6 is 0 Å². The zero-order chi connectivity index (χ0) is 20.1. The van der Waals surface area contributed by atoms with E-state index in [0.717, 1.165) is 6.26 Å². The van der Waals surface area contributed by atoms with Crippen molar-refractivity contribution in [1.29, 1.82) is 0 Å². The van der Waals surface area contributed by atoms with Crippen LogP contribution in [-0.4, -0.2) is 31.7 Å². The minimum absolute atomic E-state index is 0.00135. The molecule has 0 atom stereocenters. The second kappa shape index (κ2) is 8.35. The number of hydrazine groups is 1. The predicted molar refractivity (Wildman–Crippen MR) is 92.7 cm³/mol. The van der Waals surface area contributed by atoms with Crippen LogP contribution in [0, 0.1) is 0 Å². The number of nitrogens with zero attached hydrogens (tertiary/aromatic N) is 2. The monoisotopic (exact) mass is 402 g/mol. The van der Waals surface area contributed by atoms with E-state index in [2.05, 4.69) is 10.4 Å². The van der Waals surface area contributed by atoms with Crippen LogP contribution in [0.5, 0.6) is 0 Å². The summed E-state index contributed by atoms with van der Waals surface area (Å²) in [4.78, 5) is 14.8. The van der Waals surface area contributed by atoms with Gasteiger partial charge in [-0.15, -0.1) is 0 Å². The zero-order valence-corrected chi connectivity index (χ0v) is 15.0. The summed E-state index contributed by atoms with van der Waals surface area (Å²) in [6.07, 6.45) is -2.50. The van der Waals surface area contributed by atoms with Gasteiger partial charge >= 0.3 is 12.1 Å². The fraction of sp³-hybridized carbons (Fsp3) is 0.250.